The fourth-order valence-corrected chi connectivity index (χ4v) is 4.04. The highest BCUT2D eigenvalue weighted by Gasteiger charge is 2.31. The third-order valence-corrected chi connectivity index (χ3v) is 5.33. The van der Waals surface area contributed by atoms with Crippen molar-refractivity contribution in [1.82, 2.24) is 20.0 Å². The molecule has 2 saturated heterocycles. The molecule has 0 radical (unpaired) electrons. The van der Waals surface area contributed by atoms with E-state index in [-0.39, 0.29) is 18.3 Å². The molecule has 8 heteroatoms. The smallest absolute Gasteiger partial charge is 0.257 e. The lowest BCUT2D eigenvalue weighted by Crippen LogP contribution is -2.38. The molecule has 2 aliphatic rings. The standard InChI is InChI=1S/C17H18Cl2N4O.ClH/c18-12-1-4-16(15(19)7-12)23-9-11(8-20-23)17(24)22-6-5-13-2-3-14(10-22)21-13;/h1,4,7-9,13-14,21H,2-3,5-6,10H2;1H. The molecule has 1 aromatic heterocycles. The van der Waals surface area contributed by atoms with Crippen LogP contribution in [0, 0.1) is 0 Å². The van der Waals surface area contributed by atoms with Crippen molar-refractivity contribution in [3.05, 3.63) is 46.2 Å². The van der Waals surface area contributed by atoms with Crippen LogP contribution in [0.25, 0.3) is 5.69 Å². The van der Waals surface area contributed by atoms with E-state index in [0.29, 0.717) is 33.4 Å². The van der Waals surface area contributed by atoms with Crippen molar-refractivity contribution in [2.75, 3.05) is 13.1 Å². The molecular formula is C17H19Cl3N4O. The average molecular weight is 402 g/mol. The number of halogens is 3. The summed E-state index contributed by atoms with van der Waals surface area (Å²) in [5.74, 6) is 0.0284. The third kappa shape index (κ3) is 3.80. The van der Waals surface area contributed by atoms with Crippen LogP contribution in [0.15, 0.2) is 30.6 Å². The molecule has 2 atom stereocenters. The summed E-state index contributed by atoms with van der Waals surface area (Å²) in [7, 11) is 0. The number of amides is 1. The molecule has 0 saturated carbocycles. The molecule has 1 amide bonds. The van der Waals surface area contributed by atoms with Crippen molar-refractivity contribution < 1.29 is 4.79 Å². The van der Waals surface area contributed by atoms with Crippen molar-refractivity contribution >= 4 is 41.5 Å². The van der Waals surface area contributed by atoms with Crippen LogP contribution in [0.5, 0.6) is 0 Å². The van der Waals surface area contributed by atoms with Crippen LogP contribution in [-0.4, -0.2) is 45.8 Å². The van der Waals surface area contributed by atoms with Crippen LogP contribution >= 0.6 is 35.6 Å². The number of fused-ring (bicyclic) bond motifs is 2. The third-order valence-electron chi connectivity index (χ3n) is 4.80. The lowest BCUT2D eigenvalue weighted by molar-refractivity contribution is 0.0748. The van der Waals surface area contributed by atoms with E-state index in [4.69, 9.17) is 23.2 Å². The summed E-state index contributed by atoms with van der Waals surface area (Å²) in [5, 5.41) is 8.95. The number of nitrogens with one attached hydrogen (secondary N) is 1. The molecule has 25 heavy (non-hydrogen) atoms. The maximum Gasteiger partial charge on any atom is 0.257 e. The molecule has 2 aliphatic heterocycles. The molecule has 2 unspecified atom stereocenters. The number of nitrogens with zero attached hydrogens (tertiary/aromatic N) is 3. The highest BCUT2D eigenvalue weighted by molar-refractivity contribution is 6.35. The van der Waals surface area contributed by atoms with E-state index in [1.807, 2.05) is 4.90 Å². The van der Waals surface area contributed by atoms with E-state index in [2.05, 4.69) is 10.4 Å². The Hall–Kier alpha value is -1.27. The molecule has 134 valence electrons. The van der Waals surface area contributed by atoms with Gasteiger partial charge in [-0.1, -0.05) is 23.2 Å². The highest BCUT2D eigenvalue weighted by atomic mass is 35.5. The summed E-state index contributed by atoms with van der Waals surface area (Å²) in [6.45, 7) is 1.56. The first-order chi connectivity index (χ1) is 11.6. The second-order valence-corrected chi connectivity index (χ2v) is 7.29. The van der Waals surface area contributed by atoms with Gasteiger partial charge in [-0.2, -0.15) is 5.10 Å². The largest absolute Gasteiger partial charge is 0.337 e. The minimum atomic E-state index is 0. The maximum absolute atomic E-state index is 12.8. The van der Waals surface area contributed by atoms with Crippen molar-refractivity contribution in [3.63, 3.8) is 0 Å². The molecule has 1 N–H and O–H groups in total. The van der Waals surface area contributed by atoms with Crippen LogP contribution in [0.3, 0.4) is 0 Å². The van der Waals surface area contributed by atoms with Crippen LogP contribution in [0.4, 0.5) is 0 Å². The zero-order valence-corrected chi connectivity index (χ0v) is 15.8. The Morgan fingerprint density at radius 2 is 2.00 bits per heavy atom. The van der Waals surface area contributed by atoms with Gasteiger partial charge in [0, 0.05) is 36.4 Å². The highest BCUT2D eigenvalue weighted by Crippen LogP contribution is 2.25. The second kappa shape index (κ2) is 7.54. The van der Waals surface area contributed by atoms with E-state index in [1.54, 1.807) is 35.3 Å². The van der Waals surface area contributed by atoms with Crippen LogP contribution in [0.2, 0.25) is 10.0 Å². The normalized spacial score (nSPS) is 22.4. The van der Waals surface area contributed by atoms with Gasteiger partial charge in [0.15, 0.2) is 0 Å². The van der Waals surface area contributed by atoms with Gasteiger partial charge >= 0.3 is 0 Å². The minimum absolute atomic E-state index is 0. The molecule has 1 aromatic carbocycles. The van der Waals surface area contributed by atoms with Crippen molar-refractivity contribution in [2.45, 2.75) is 31.3 Å². The summed E-state index contributed by atoms with van der Waals surface area (Å²) < 4.78 is 1.62. The molecule has 2 aromatic rings. The number of rotatable bonds is 2. The number of benzene rings is 1. The number of hydrogen-bond acceptors (Lipinski definition) is 3. The van der Waals surface area contributed by atoms with Crippen LogP contribution in [-0.2, 0) is 0 Å². The summed E-state index contributed by atoms with van der Waals surface area (Å²) in [4.78, 5) is 14.7. The predicted octanol–water partition coefficient (Wildman–Crippen LogP) is 3.57. The lowest BCUT2D eigenvalue weighted by atomic mass is 10.1. The molecule has 0 aliphatic carbocycles. The lowest BCUT2D eigenvalue weighted by Gasteiger charge is -2.23. The Morgan fingerprint density at radius 3 is 2.80 bits per heavy atom. The zero-order valence-electron chi connectivity index (χ0n) is 13.5. The molecular weight excluding hydrogens is 383 g/mol. The molecule has 0 spiro atoms. The first kappa shape index (κ1) is 18.5. The Kier molecular flexibility index (Phi) is 5.58. The summed E-state index contributed by atoms with van der Waals surface area (Å²) in [5.41, 5.74) is 1.29. The van der Waals surface area contributed by atoms with E-state index >= 15 is 0 Å². The first-order valence-corrected chi connectivity index (χ1v) is 8.91. The molecule has 3 heterocycles. The van der Waals surface area contributed by atoms with Gasteiger partial charge in [-0.25, -0.2) is 4.68 Å². The van der Waals surface area contributed by atoms with Crippen LogP contribution < -0.4 is 5.32 Å². The van der Waals surface area contributed by atoms with Gasteiger partial charge in [0.2, 0.25) is 0 Å². The van der Waals surface area contributed by atoms with Gasteiger partial charge < -0.3 is 10.2 Å². The van der Waals surface area contributed by atoms with Gasteiger partial charge in [-0.05, 0) is 37.5 Å². The van der Waals surface area contributed by atoms with Gasteiger partial charge in [-0.15, -0.1) is 12.4 Å². The SMILES string of the molecule is Cl.O=C(c1cnn(-c2ccc(Cl)cc2Cl)c1)N1CCC2CCC(C1)N2. The van der Waals surface area contributed by atoms with Crippen LogP contribution in [0.1, 0.15) is 29.6 Å². The minimum Gasteiger partial charge on any atom is -0.337 e. The zero-order chi connectivity index (χ0) is 16.7. The van der Waals surface area contributed by atoms with Crippen molar-refractivity contribution in [2.24, 2.45) is 0 Å². The Labute approximate surface area is 162 Å². The van der Waals surface area contributed by atoms with Gasteiger partial charge in [0.1, 0.15) is 0 Å². The number of hydrogen-bond donors (Lipinski definition) is 1. The van der Waals surface area contributed by atoms with Gasteiger partial charge in [0.25, 0.3) is 5.91 Å². The van der Waals surface area contributed by atoms with Crippen molar-refractivity contribution in [3.8, 4) is 5.69 Å². The Morgan fingerprint density at radius 1 is 1.20 bits per heavy atom. The van der Waals surface area contributed by atoms with E-state index in [9.17, 15) is 4.79 Å². The van der Waals surface area contributed by atoms with Gasteiger partial charge in [-0.3, -0.25) is 4.79 Å². The Bertz CT molecular complexity index is 779. The molecule has 4 rings (SSSR count). The Balaban J connectivity index is 0.00000182. The summed E-state index contributed by atoms with van der Waals surface area (Å²) >= 11 is 12.1. The topological polar surface area (TPSA) is 50.2 Å². The predicted molar refractivity (Wildman–Crippen MR) is 101 cm³/mol. The van der Waals surface area contributed by atoms with Gasteiger partial charge in [0.05, 0.1) is 22.5 Å². The maximum atomic E-state index is 12.8. The molecule has 2 bridgehead atoms. The van der Waals surface area contributed by atoms with Crippen molar-refractivity contribution in [1.29, 1.82) is 0 Å². The summed E-state index contributed by atoms with van der Waals surface area (Å²) in [6, 6.07) is 6.19. The number of aromatic nitrogens is 2. The van der Waals surface area contributed by atoms with E-state index in [0.717, 1.165) is 25.9 Å². The fraction of sp³-hybridized carbons (Fsp3) is 0.412. The number of carbonyl (C=O) groups excluding carboxylic acids is 1. The first-order valence-electron chi connectivity index (χ1n) is 8.15. The quantitative estimate of drug-likeness (QED) is 0.837. The molecule has 5 nitrogen and oxygen atoms in total. The monoisotopic (exact) mass is 400 g/mol. The van der Waals surface area contributed by atoms with E-state index in [1.165, 1.54) is 6.42 Å². The summed E-state index contributed by atoms with van der Waals surface area (Å²) in [6.07, 6.45) is 6.71. The second-order valence-electron chi connectivity index (χ2n) is 6.45. The van der Waals surface area contributed by atoms with E-state index < -0.39 is 0 Å². The average Bonchev–Trinajstić information content (AvgIpc) is 3.13. The number of likely N-dealkylation sites (tertiary alicyclic amines) is 1. The number of carbonyl (C=O) groups is 1. The fourth-order valence-electron chi connectivity index (χ4n) is 3.54. The molecule has 2 fully saturated rings.